The number of ether oxygens (including phenoxy) is 1. The Bertz CT molecular complexity index is 182. The van der Waals surface area contributed by atoms with Crippen LogP contribution in [-0.2, 0) is 4.74 Å². The first-order valence-corrected chi connectivity index (χ1v) is 6.30. The van der Waals surface area contributed by atoms with Crippen LogP contribution in [0.2, 0.25) is 0 Å². The van der Waals surface area contributed by atoms with Crippen LogP contribution in [0.25, 0.3) is 0 Å². The summed E-state index contributed by atoms with van der Waals surface area (Å²) < 4.78 is 4.93. The van der Waals surface area contributed by atoms with Gasteiger partial charge in [-0.3, -0.25) is 9.80 Å². The Labute approximate surface area is 99.2 Å². The van der Waals surface area contributed by atoms with Gasteiger partial charge in [-0.15, -0.1) is 0 Å². The van der Waals surface area contributed by atoms with E-state index in [9.17, 15) is 5.11 Å². The highest BCUT2D eigenvalue weighted by molar-refractivity contribution is 4.76. The van der Waals surface area contributed by atoms with E-state index in [1.54, 1.807) is 7.11 Å². The summed E-state index contributed by atoms with van der Waals surface area (Å²) >= 11 is 0. The second kappa shape index (κ2) is 7.22. The molecule has 1 heterocycles. The van der Waals surface area contributed by atoms with E-state index in [0.717, 1.165) is 32.7 Å². The molecule has 0 aromatic carbocycles. The van der Waals surface area contributed by atoms with Crippen LogP contribution in [0, 0.1) is 0 Å². The van der Waals surface area contributed by atoms with E-state index in [-0.39, 0.29) is 6.10 Å². The number of aliphatic hydroxyl groups is 1. The lowest BCUT2D eigenvalue weighted by atomic mass is 10.2. The van der Waals surface area contributed by atoms with Crippen molar-refractivity contribution in [2.24, 2.45) is 0 Å². The van der Waals surface area contributed by atoms with Crippen LogP contribution in [-0.4, -0.2) is 73.5 Å². The molecule has 16 heavy (non-hydrogen) atoms. The molecule has 4 nitrogen and oxygen atoms in total. The molecule has 1 fully saturated rings. The molecular formula is C12H26N2O2. The molecule has 0 bridgehead atoms. The van der Waals surface area contributed by atoms with E-state index in [1.807, 2.05) is 0 Å². The molecule has 96 valence electrons. The van der Waals surface area contributed by atoms with Gasteiger partial charge in [-0.05, 0) is 13.3 Å². The molecule has 0 aromatic rings. The van der Waals surface area contributed by atoms with E-state index >= 15 is 0 Å². The van der Waals surface area contributed by atoms with Gasteiger partial charge in [0.15, 0.2) is 0 Å². The van der Waals surface area contributed by atoms with Crippen molar-refractivity contribution in [2.75, 3.05) is 46.4 Å². The third kappa shape index (κ3) is 4.37. The predicted molar refractivity (Wildman–Crippen MR) is 65.6 cm³/mol. The zero-order valence-electron chi connectivity index (χ0n) is 10.9. The minimum Gasteiger partial charge on any atom is -0.389 e. The summed E-state index contributed by atoms with van der Waals surface area (Å²) in [5.41, 5.74) is 0. The van der Waals surface area contributed by atoms with Crippen molar-refractivity contribution in [3.8, 4) is 0 Å². The maximum absolute atomic E-state index is 9.64. The number of piperazine rings is 1. The normalized spacial score (nSPS) is 23.2. The Morgan fingerprint density at radius 1 is 1.25 bits per heavy atom. The van der Waals surface area contributed by atoms with Gasteiger partial charge in [0.05, 0.1) is 12.7 Å². The molecule has 0 radical (unpaired) electrons. The van der Waals surface area contributed by atoms with Crippen LogP contribution in [0.5, 0.6) is 0 Å². The summed E-state index contributed by atoms with van der Waals surface area (Å²) in [5.74, 6) is 0. The lowest BCUT2D eigenvalue weighted by Gasteiger charge is -2.38. The van der Waals surface area contributed by atoms with Crippen LogP contribution in [0.4, 0.5) is 0 Å². The molecule has 0 aromatic heterocycles. The zero-order valence-corrected chi connectivity index (χ0v) is 10.9. The highest BCUT2D eigenvalue weighted by atomic mass is 16.5. The summed E-state index contributed by atoms with van der Waals surface area (Å²) in [6.07, 6.45) is 0.867. The van der Waals surface area contributed by atoms with Gasteiger partial charge in [-0.2, -0.15) is 0 Å². The third-order valence-electron chi connectivity index (χ3n) is 3.45. The largest absolute Gasteiger partial charge is 0.389 e. The maximum Gasteiger partial charge on any atom is 0.0900 e. The van der Waals surface area contributed by atoms with Crippen molar-refractivity contribution in [3.05, 3.63) is 0 Å². The van der Waals surface area contributed by atoms with Gasteiger partial charge >= 0.3 is 0 Å². The molecular weight excluding hydrogens is 204 g/mol. The molecule has 0 saturated carbocycles. The molecule has 4 heteroatoms. The van der Waals surface area contributed by atoms with Crippen molar-refractivity contribution in [1.29, 1.82) is 0 Å². The van der Waals surface area contributed by atoms with E-state index in [0.29, 0.717) is 12.6 Å². The monoisotopic (exact) mass is 230 g/mol. The first-order valence-electron chi connectivity index (χ1n) is 6.30. The highest BCUT2D eigenvalue weighted by Crippen LogP contribution is 2.08. The lowest BCUT2D eigenvalue weighted by Crippen LogP contribution is -2.51. The van der Waals surface area contributed by atoms with Gasteiger partial charge in [0.2, 0.25) is 0 Å². The first kappa shape index (κ1) is 13.9. The molecule has 1 saturated heterocycles. The van der Waals surface area contributed by atoms with Crippen molar-refractivity contribution < 1.29 is 9.84 Å². The number of methoxy groups -OCH3 is 1. The smallest absolute Gasteiger partial charge is 0.0900 e. The van der Waals surface area contributed by atoms with Crippen LogP contribution >= 0.6 is 0 Å². The molecule has 0 aliphatic carbocycles. The van der Waals surface area contributed by atoms with Crippen LogP contribution in [0.15, 0.2) is 0 Å². The van der Waals surface area contributed by atoms with Gasteiger partial charge in [0.25, 0.3) is 0 Å². The van der Waals surface area contributed by atoms with E-state index in [4.69, 9.17) is 4.74 Å². The van der Waals surface area contributed by atoms with Crippen molar-refractivity contribution in [3.63, 3.8) is 0 Å². The Hall–Kier alpha value is -0.160. The number of aliphatic hydroxyl groups excluding tert-OH is 1. The molecule has 0 spiro atoms. The Kier molecular flexibility index (Phi) is 6.28. The van der Waals surface area contributed by atoms with Gasteiger partial charge in [-0.25, -0.2) is 0 Å². The van der Waals surface area contributed by atoms with Gasteiger partial charge < -0.3 is 9.84 Å². The summed E-state index contributed by atoms with van der Waals surface area (Å²) in [7, 11) is 1.63. The number of hydrogen-bond donors (Lipinski definition) is 1. The maximum atomic E-state index is 9.64. The van der Waals surface area contributed by atoms with E-state index in [1.165, 1.54) is 6.42 Å². The molecule has 1 N–H and O–H groups in total. The van der Waals surface area contributed by atoms with Gasteiger partial charge in [0.1, 0.15) is 0 Å². The average Bonchev–Trinajstić information content (AvgIpc) is 2.29. The highest BCUT2D eigenvalue weighted by Gasteiger charge is 2.21. The fraction of sp³-hybridized carbons (Fsp3) is 1.00. The minimum atomic E-state index is -0.347. The van der Waals surface area contributed by atoms with Crippen molar-refractivity contribution >= 4 is 0 Å². The van der Waals surface area contributed by atoms with E-state index in [2.05, 4.69) is 23.6 Å². The summed E-state index contributed by atoms with van der Waals surface area (Å²) in [6, 6.07) is 0.686. The van der Waals surface area contributed by atoms with E-state index < -0.39 is 0 Å². The second-order valence-electron chi connectivity index (χ2n) is 4.70. The van der Waals surface area contributed by atoms with Crippen LogP contribution in [0.1, 0.15) is 20.3 Å². The average molecular weight is 230 g/mol. The zero-order chi connectivity index (χ0) is 12.0. The Morgan fingerprint density at radius 3 is 2.38 bits per heavy atom. The van der Waals surface area contributed by atoms with Gasteiger partial charge in [-0.1, -0.05) is 6.92 Å². The number of nitrogens with zero attached hydrogens (tertiary/aromatic N) is 2. The Morgan fingerprint density at radius 2 is 1.88 bits per heavy atom. The standard InChI is InChI=1S/C12H26N2O2/c1-4-11(2)14-7-5-13(6-8-14)9-12(15)10-16-3/h11-12,15H,4-10H2,1-3H3. The topological polar surface area (TPSA) is 35.9 Å². The molecule has 2 atom stereocenters. The van der Waals surface area contributed by atoms with Crippen molar-refractivity contribution in [2.45, 2.75) is 32.4 Å². The predicted octanol–water partition coefficient (Wildman–Crippen LogP) is 0.410. The SMILES string of the molecule is CCC(C)N1CCN(CC(O)COC)CC1. The molecule has 1 aliphatic rings. The minimum absolute atomic E-state index is 0.347. The molecule has 1 aliphatic heterocycles. The van der Waals surface area contributed by atoms with Crippen LogP contribution in [0.3, 0.4) is 0 Å². The van der Waals surface area contributed by atoms with Crippen LogP contribution < -0.4 is 0 Å². The third-order valence-corrected chi connectivity index (χ3v) is 3.45. The van der Waals surface area contributed by atoms with Gasteiger partial charge in [0, 0.05) is 45.9 Å². The number of β-amino-alcohol motifs (C(OH)–C–C–N with tert-alkyl or cyclic N) is 1. The molecule has 1 rings (SSSR count). The van der Waals surface area contributed by atoms with Crippen molar-refractivity contribution in [1.82, 2.24) is 9.80 Å². The summed E-state index contributed by atoms with van der Waals surface area (Å²) in [6.45, 7) is 10.1. The molecule has 0 amide bonds. The number of hydrogen-bond acceptors (Lipinski definition) is 4. The quantitative estimate of drug-likeness (QED) is 0.717. The Balaban J connectivity index is 2.21. The first-order chi connectivity index (χ1) is 7.67. The fourth-order valence-electron chi connectivity index (χ4n) is 2.19. The molecule has 2 unspecified atom stereocenters. The lowest BCUT2D eigenvalue weighted by molar-refractivity contribution is 0.0189. The second-order valence-corrected chi connectivity index (χ2v) is 4.70. The number of rotatable bonds is 6. The summed E-state index contributed by atoms with van der Waals surface area (Å²) in [5, 5.41) is 9.64. The fourth-order valence-corrected chi connectivity index (χ4v) is 2.19. The summed E-state index contributed by atoms with van der Waals surface area (Å²) in [4.78, 5) is 4.85.